The van der Waals surface area contributed by atoms with Crippen molar-refractivity contribution in [2.45, 2.75) is 70.2 Å². The van der Waals surface area contributed by atoms with Crippen LogP contribution in [-0.2, 0) is 19.0 Å². The minimum atomic E-state index is -4.27. The second-order valence-corrected chi connectivity index (χ2v) is 11.0. The third-order valence-electron chi connectivity index (χ3n) is 7.30. The molecule has 0 bridgehead atoms. The Labute approximate surface area is 217 Å². The quantitative estimate of drug-likeness (QED) is 0.379. The number of methoxy groups -OCH3 is 1. The van der Waals surface area contributed by atoms with Crippen LogP contribution in [0.1, 0.15) is 69.8 Å². The van der Waals surface area contributed by atoms with Gasteiger partial charge in [-0.15, -0.1) is 0 Å². The van der Waals surface area contributed by atoms with Crippen molar-refractivity contribution in [1.29, 1.82) is 0 Å². The lowest BCUT2D eigenvalue weighted by atomic mass is 9.78. The van der Waals surface area contributed by atoms with Crippen molar-refractivity contribution >= 4 is 23.1 Å². The van der Waals surface area contributed by atoms with Crippen LogP contribution in [0.5, 0.6) is 0 Å². The molecule has 1 amide bonds. The molecule has 0 spiro atoms. The Morgan fingerprint density at radius 2 is 1.82 bits per heavy atom. The fourth-order valence-corrected chi connectivity index (χ4v) is 5.38. The van der Waals surface area contributed by atoms with Crippen LogP contribution >= 0.6 is 0 Å². The summed E-state index contributed by atoms with van der Waals surface area (Å²) in [5, 5.41) is 2.75. The molecule has 3 atom stereocenters. The molecule has 0 radical (unpaired) electrons. The monoisotopic (exact) mass is 543 g/mol. The van der Waals surface area contributed by atoms with E-state index in [2.05, 4.69) is 15.3 Å². The molecule has 8 nitrogen and oxygen atoms in total. The van der Waals surface area contributed by atoms with Crippen molar-refractivity contribution in [2.75, 3.05) is 20.3 Å². The summed E-state index contributed by atoms with van der Waals surface area (Å²) in [6, 6.07) is 2.37. The minimum absolute atomic E-state index is 0.00739. The van der Waals surface area contributed by atoms with Gasteiger partial charge in [-0.05, 0) is 64.0 Å². The molecule has 2 fully saturated rings. The van der Waals surface area contributed by atoms with Gasteiger partial charge in [-0.2, -0.15) is 13.2 Å². The second-order valence-electron chi connectivity index (χ2n) is 11.0. The average molecular weight is 544 g/mol. The van der Waals surface area contributed by atoms with E-state index in [1.54, 1.807) is 32.9 Å². The van der Waals surface area contributed by atoms with E-state index in [0.29, 0.717) is 5.52 Å². The van der Waals surface area contributed by atoms with Gasteiger partial charge in [0.2, 0.25) is 0 Å². The number of ether oxygens (including phenoxy) is 3. The van der Waals surface area contributed by atoms with E-state index in [1.807, 2.05) is 0 Å². The van der Waals surface area contributed by atoms with E-state index in [0.717, 1.165) is 0 Å². The van der Waals surface area contributed by atoms with Crippen molar-refractivity contribution in [3.63, 3.8) is 0 Å². The van der Waals surface area contributed by atoms with E-state index in [1.165, 1.54) is 7.11 Å². The van der Waals surface area contributed by atoms with E-state index in [4.69, 9.17) is 14.2 Å². The van der Waals surface area contributed by atoms with E-state index in [-0.39, 0.29) is 61.7 Å². The highest BCUT2D eigenvalue weighted by Crippen LogP contribution is 2.43. The number of aromatic amines is 1. The van der Waals surface area contributed by atoms with Gasteiger partial charge >= 0.3 is 18.2 Å². The summed E-state index contributed by atoms with van der Waals surface area (Å²) < 4.78 is 71.1. The Morgan fingerprint density at radius 1 is 1.13 bits per heavy atom. The molecular formula is C26H33F4N3O5. The molecule has 2 aromatic rings. The van der Waals surface area contributed by atoms with Gasteiger partial charge in [-0.1, -0.05) is 6.07 Å². The molecule has 38 heavy (non-hydrogen) atoms. The number of benzene rings is 1. The first-order valence-electron chi connectivity index (χ1n) is 12.7. The van der Waals surface area contributed by atoms with Gasteiger partial charge in [-0.25, -0.2) is 14.2 Å². The summed E-state index contributed by atoms with van der Waals surface area (Å²) in [5.41, 5.74) is -0.176. The molecule has 1 aromatic heterocycles. The summed E-state index contributed by atoms with van der Waals surface area (Å²) in [6.45, 7) is 5.35. The molecule has 4 rings (SSSR count). The number of hydrogen-bond donors (Lipinski definition) is 2. The van der Waals surface area contributed by atoms with Crippen molar-refractivity contribution in [3.8, 4) is 0 Å². The summed E-state index contributed by atoms with van der Waals surface area (Å²) in [4.78, 5) is 32.3. The highest BCUT2D eigenvalue weighted by molar-refractivity contribution is 5.79. The summed E-state index contributed by atoms with van der Waals surface area (Å²) in [6.07, 6.45) is -4.76. The molecule has 210 valence electrons. The summed E-state index contributed by atoms with van der Waals surface area (Å²) >= 11 is 0. The molecule has 1 saturated carbocycles. The number of carbonyl (C=O) groups excluding carboxylic acids is 2. The molecular weight excluding hydrogens is 510 g/mol. The van der Waals surface area contributed by atoms with Crippen LogP contribution in [0.2, 0.25) is 0 Å². The van der Waals surface area contributed by atoms with Crippen LogP contribution in [0.3, 0.4) is 0 Å². The van der Waals surface area contributed by atoms with Crippen LogP contribution < -0.4 is 5.32 Å². The minimum Gasteiger partial charge on any atom is -0.469 e. The van der Waals surface area contributed by atoms with Crippen LogP contribution in [-0.4, -0.2) is 54.1 Å². The maximum Gasteiger partial charge on any atom is 0.408 e. The van der Waals surface area contributed by atoms with Gasteiger partial charge in [0.25, 0.3) is 0 Å². The summed E-state index contributed by atoms with van der Waals surface area (Å²) in [7, 11) is 1.26. The SMILES string of the molecule is COC(=O)[C@@H]1COC[C@H]1c1ccc2[nH]c([C@@H](NC(=O)OC(C)(C)C)C3CCC(C(F)(F)F)CC3)nc2c1F. The second kappa shape index (κ2) is 10.7. The van der Waals surface area contributed by atoms with Crippen molar-refractivity contribution < 1.29 is 41.4 Å². The number of carbonyl (C=O) groups is 2. The van der Waals surface area contributed by atoms with E-state index < -0.39 is 53.5 Å². The number of esters is 1. The zero-order valence-electron chi connectivity index (χ0n) is 21.8. The number of fused-ring (bicyclic) bond motifs is 1. The van der Waals surface area contributed by atoms with Crippen LogP contribution in [0.15, 0.2) is 12.1 Å². The van der Waals surface area contributed by atoms with Crippen molar-refractivity contribution in [3.05, 3.63) is 29.3 Å². The molecule has 2 heterocycles. The lowest BCUT2D eigenvalue weighted by Crippen LogP contribution is -2.40. The van der Waals surface area contributed by atoms with Crippen LogP contribution in [0.25, 0.3) is 11.0 Å². The zero-order chi connectivity index (χ0) is 27.8. The number of hydrogen-bond acceptors (Lipinski definition) is 6. The number of alkyl halides is 3. The van der Waals surface area contributed by atoms with Crippen molar-refractivity contribution in [2.24, 2.45) is 17.8 Å². The number of alkyl carbamates (subject to hydrolysis) is 1. The van der Waals surface area contributed by atoms with Gasteiger partial charge in [0.05, 0.1) is 43.7 Å². The normalized spacial score (nSPS) is 25.3. The molecule has 0 unspecified atom stereocenters. The predicted molar refractivity (Wildman–Crippen MR) is 129 cm³/mol. The number of aromatic nitrogens is 2. The summed E-state index contributed by atoms with van der Waals surface area (Å²) in [5.74, 6) is -3.87. The Bertz CT molecular complexity index is 1170. The number of rotatable bonds is 5. The molecule has 2 aliphatic rings. The van der Waals surface area contributed by atoms with Gasteiger partial charge in [-0.3, -0.25) is 4.79 Å². The van der Waals surface area contributed by atoms with Crippen LogP contribution in [0.4, 0.5) is 22.4 Å². The Hall–Kier alpha value is -2.89. The molecule has 1 aliphatic carbocycles. The fraction of sp³-hybridized carbons (Fsp3) is 0.654. The van der Waals surface area contributed by atoms with Gasteiger partial charge in [0.15, 0.2) is 5.82 Å². The lowest BCUT2D eigenvalue weighted by Gasteiger charge is -2.34. The molecule has 2 N–H and O–H groups in total. The van der Waals surface area contributed by atoms with Gasteiger partial charge in [0.1, 0.15) is 16.9 Å². The molecule has 12 heteroatoms. The topological polar surface area (TPSA) is 103 Å². The smallest absolute Gasteiger partial charge is 0.408 e. The number of nitrogens with zero attached hydrogens (tertiary/aromatic N) is 1. The van der Waals surface area contributed by atoms with E-state index >= 15 is 4.39 Å². The number of amides is 1. The predicted octanol–water partition coefficient (Wildman–Crippen LogP) is 5.54. The first-order chi connectivity index (χ1) is 17.8. The van der Waals surface area contributed by atoms with E-state index in [9.17, 15) is 22.8 Å². The number of nitrogens with one attached hydrogen (secondary N) is 2. The Balaban J connectivity index is 1.65. The lowest BCUT2D eigenvalue weighted by molar-refractivity contribution is -0.184. The highest BCUT2D eigenvalue weighted by Gasteiger charge is 2.44. The first kappa shape index (κ1) is 28.1. The number of H-pyrrole nitrogens is 1. The van der Waals surface area contributed by atoms with Gasteiger partial charge < -0.3 is 24.5 Å². The Morgan fingerprint density at radius 3 is 2.42 bits per heavy atom. The Kier molecular flexibility index (Phi) is 7.92. The number of imidazole rings is 1. The highest BCUT2D eigenvalue weighted by atomic mass is 19.4. The zero-order valence-corrected chi connectivity index (χ0v) is 21.8. The van der Waals surface area contributed by atoms with Gasteiger partial charge in [0, 0.05) is 5.92 Å². The molecule has 1 aliphatic heterocycles. The number of halogens is 4. The standard InChI is InChI=1S/C26H33F4N3O5/c1-25(2,3)38-24(35)33-20(13-5-7-14(8-6-13)26(28,29)30)22-31-18-10-9-15(19(27)21(18)32-22)16-11-37-12-17(16)23(34)36-4/h9-10,13-14,16-17,20H,5-8,11-12H2,1-4H3,(H,31,32)(H,33,35)/t13?,14?,16-,17+,20-/m0/s1. The fourth-order valence-electron chi connectivity index (χ4n) is 5.38. The first-order valence-corrected chi connectivity index (χ1v) is 12.7. The maximum absolute atomic E-state index is 15.7. The molecule has 1 saturated heterocycles. The van der Waals surface area contributed by atoms with Crippen LogP contribution in [0, 0.1) is 23.6 Å². The third-order valence-corrected chi connectivity index (χ3v) is 7.30. The average Bonchev–Trinajstić information content (AvgIpc) is 3.49. The maximum atomic E-state index is 15.7. The van der Waals surface area contributed by atoms with Crippen molar-refractivity contribution in [1.82, 2.24) is 15.3 Å². The third kappa shape index (κ3) is 6.05. The molecule has 1 aromatic carbocycles. The largest absolute Gasteiger partial charge is 0.469 e.